The van der Waals surface area contributed by atoms with E-state index in [1.165, 1.54) is 17.3 Å². The van der Waals surface area contributed by atoms with Crippen LogP contribution >= 0.6 is 35.0 Å². The summed E-state index contributed by atoms with van der Waals surface area (Å²) >= 11 is 13.5. The van der Waals surface area contributed by atoms with E-state index >= 15 is 0 Å². The molecule has 2 rings (SSSR count). The van der Waals surface area contributed by atoms with Crippen molar-refractivity contribution in [3.05, 3.63) is 45.9 Å². The molecule has 1 aromatic carbocycles. The molecule has 0 atom stereocenters. The van der Waals surface area contributed by atoms with E-state index in [0.29, 0.717) is 20.9 Å². The predicted molar refractivity (Wildman–Crippen MR) is 77.4 cm³/mol. The summed E-state index contributed by atoms with van der Waals surface area (Å²) < 4.78 is 0. The van der Waals surface area contributed by atoms with Crippen molar-refractivity contribution in [2.24, 2.45) is 5.84 Å². The average molecular weight is 300 g/mol. The smallest absolute Gasteiger partial charge is 0.160 e. The highest BCUT2D eigenvalue weighted by Gasteiger charge is 2.10. The van der Waals surface area contributed by atoms with Gasteiger partial charge in [0.25, 0.3) is 0 Å². The fourth-order valence-corrected chi connectivity index (χ4v) is 2.85. The number of nitrogens with zero attached hydrogens (tertiary/aromatic N) is 1. The van der Waals surface area contributed by atoms with E-state index in [9.17, 15) is 0 Å². The van der Waals surface area contributed by atoms with Crippen molar-refractivity contribution in [1.29, 1.82) is 0 Å². The first-order valence-corrected chi connectivity index (χ1v) is 6.74. The van der Waals surface area contributed by atoms with Crippen LogP contribution in [-0.4, -0.2) is 4.98 Å². The van der Waals surface area contributed by atoms with Gasteiger partial charge in [0, 0.05) is 4.90 Å². The molecule has 6 heteroatoms. The molecule has 0 saturated carbocycles. The van der Waals surface area contributed by atoms with Gasteiger partial charge < -0.3 is 5.43 Å². The summed E-state index contributed by atoms with van der Waals surface area (Å²) in [5, 5.41) is 1.57. The first-order chi connectivity index (χ1) is 8.60. The van der Waals surface area contributed by atoms with Crippen molar-refractivity contribution < 1.29 is 0 Å². The topological polar surface area (TPSA) is 50.9 Å². The number of hydrazine groups is 1. The number of pyridine rings is 1. The fraction of sp³-hybridized carbons (Fsp3) is 0.0833. The van der Waals surface area contributed by atoms with E-state index in [1.807, 2.05) is 25.1 Å². The minimum Gasteiger partial charge on any atom is -0.307 e. The minimum atomic E-state index is 0.399. The van der Waals surface area contributed by atoms with Gasteiger partial charge in [-0.25, -0.2) is 10.8 Å². The van der Waals surface area contributed by atoms with E-state index in [4.69, 9.17) is 29.0 Å². The third kappa shape index (κ3) is 3.09. The van der Waals surface area contributed by atoms with Crippen LogP contribution in [0.4, 0.5) is 5.82 Å². The number of hydrogen-bond donors (Lipinski definition) is 2. The van der Waals surface area contributed by atoms with Crippen LogP contribution < -0.4 is 11.3 Å². The Kier molecular flexibility index (Phi) is 4.35. The van der Waals surface area contributed by atoms with E-state index < -0.39 is 0 Å². The van der Waals surface area contributed by atoms with Crippen molar-refractivity contribution >= 4 is 40.8 Å². The lowest BCUT2D eigenvalue weighted by molar-refractivity contribution is 1.11. The van der Waals surface area contributed by atoms with E-state index in [-0.39, 0.29) is 0 Å². The summed E-state index contributed by atoms with van der Waals surface area (Å²) in [5.74, 6) is 5.75. The van der Waals surface area contributed by atoms with Crippen LogP contribution in [0.2, 0.25) is 10.0 Å². The van der Waals surface area contributed by atoms with Crippen LogP contribution in [0, 0.1) is 6.92 Å². The number of halogens is 2. The van der Waals surface area contributed by atoms with Gasteiger partial charge in [-0.15, -0.1) is 0 Å². The molecule has 18 heavy (non-hydrogen) atoms. The molecule has 94 valence electrons. The number of nitrogen functional groups attached to an aromatic ring is 1. The molecule has 2 aromatic rings. The van der Waals surface area contributed by atoms with E-state index in [1.54, 1.807) is 6.07 Å². The second-order valence-electron chi connectivity index (χ2n) is 3.67. The number of rotatable bonds is 3. The van der Waals surface area contributed by atoms with Gasteiger partial charge in [-0.3, -0.25) is 0 Å². The van der Waals surface area contributed by atoms with Gasteiger partial charge in [-0.1, -0.05) is 52.7 Å². The van der Waals surface area contributed by atoms with Gasteiger partial charge in [0.05, 0.1) is 10.0 Å². The standard InChI is InChI=1S/C12H11Cl2N3S/c1-7-3-2-4-8(5-7)18-12-10(14)6-9(13)11(16-12)17-15/h2-6H,15H2,1H3,(H,16,17). The fourth-order valence-electron chi connectivity index (χ4n) is 1.41. The molecule has 0 saturated heterocycles. The molecule has 0 amide bonds. The summed E-state index contributed by atoms with van der Waals surface area (Å²) in [6.07, 6.45) is 0. The molecule has 0 radical (unpaired) electrons. The number of aromatic nitrogens is 1. The highest BCUT2D eigenvalue weighted by molar-refractivity contribution is 7.99. The molecule has 0 bridgehead atoms. The SMILES string of the molecule is Cc1cccc(Sc2nc(NN)c(Cl)cc2Cl)c1. The number of hydrogen-bond acceptors (Lipinski definition) is 4. The summed E-state index contributed by atoms with van der Waals surface area (Å²) in [4.78, 5) is 5.34. The molecule has 1 heterocycles. The first-order valence-electron chi connectivity index (χ1n) is 5.17. The lowest BCUT2D eigenvalue weighted by atomic mass is 10.2. The van der Waals surface area contributed by atoms with Gasteiger partial charge in [0.2, 0.25) is 0 Å². The second kappa shape index (κ2) is 5.80. The Bertz CT molecular complexity index is 575. The normalized spacial score (nSPS) is 10.4. The Morgan fingerprint density at radius 1 is 1.22 bits per heavy atom. The average Bonchev–Trinajstić information content (AvgIpc) is 2.33. The molecule has 0 aliphatic carbocycles. The molecule has 3 nitrogen and oxygen atoms in total. The van der Waals surface area contributed by atoms with Crippen LogP contribution in [0.5, 0.6) is 0 Å². The number of anilines is 1. The molecular weight excluding hydrogens is 289 g/mol. The van der Waals surface area contributed by atoms with Crippen LogP contribution in [0.3, 0.4) is 0 Å². The largest absolute Gasteiger partial charge is 0.307 e. The Labute approximate surface area is 120 Å². The predicted octanol–water partition coefficient (Wildman–Crippen LogP) is 4.13. The Hall–Kier alpha value is -0.940. The van der Waals surface area contributed by atoms with E-state index in [0.717, 1.165) is 4.90 Å². The van der Waals surface area contributed by atoms with Crippen molar-refractivity contribution in [2.45, 2.75) is 16.8 Å². The quantitative estimate of drug-likeness (QED) is 0.661. The molecule has 0 spiro atoms. The maximum Gasteiger partial charge on any atom is 0.160 e. The van der Waals surface area contributed by atoms with Crippen LogP contribution in [0.15, 0.2) is 40.3 Å². The zero-order chi connectivity index (χ0) is 13.1. The van der Waals surface area contributed by atoms with Gasteiger partial charge in [0.1, 0.15) is 5.03 Å². The zero-order valence-corrected chi connectivity index (χ0v) is 11.9. The van der Waals surface area contributed by atoms with Gasteiger partial charge in [0.15, 0.2) is 5.82 Å². The van der Waals surface area contributed by atoms with Crippen molar-refractivity contribution in [3.63, 3.8) is 0 Å². The maximum absolute atomic E-state index is 6.11. The molecule has 1 aromatic heterocycles. The molecule has 3 N–H and O–H groups in total. The van der Waals surface area contributed by atoms with E-state index in [2.05, 4.69) is 16.5 Å². The zero-order valence-electron chi connectivity index (χ0n) is 9.58. The third-order valence-corrected chi connectivity index (χ3v) is 3.92. The summed E-state index contributed by atoms with van der Waals surface area (Å²) in [7, 11) is 0. The van der Waals surface area contributed by atoms with Gasteiger partial charge >= 0.3 is 0 Å². The minimum absolute atomic E-state index is 0.399. The third-order valence-electron chi connectivity index (χ3n) is 2.24. The molecule has 0 aliphatic heterocycles. The number of benzene rings is 1. The lowest BCUT2D eigenvalue weighted by Gasteiger charge is -2.08. The number of aryl methyl sites for hydroxylation is 1. The van der Waals surface area contributed by atoms with Gasteiger partial charge in [-0.05, 0) is 25.1 Å². The van der Waals surface area contributed by atoms with Crippen molar-refractivity contribution in [2.75, 3.05) is 5.43 Å². The second-order valence-corrected chi connectivity index (χ2v) is 5.55. The maximum atomic E-state index is 6.11. The Morgan fingerprint density at radius 3 is 2.67 bits per heavy atom. The Balaban J connectivity index is 2.34. The van der Waals surface area contributed by atoms with Crippen LogP contribution in [-0.2, 0) is 0 Å². The molecule has 0 fully saturated rings. The number of nitrogens with one attached hydrogen (secondary N) is 1. The van der Waals surface area contributed by atoms with Crippen LogP contribution in [0.25, 0.3) is 0 Å². The lowest BCUT2D eigenvalue weighted by Crippen LogP contribution is -2.09. The molecule has 0 aliphatic rings. The van der Waals surface area contributed by atoms with Gasteiger partial charge in [-0.2, -0.15) is 0 Å². The highest BCUT2D eigenvalue weighted by Crippen LogP contribution is 2.35. The molecule has 0 unspecified atom stereocenters. The number of nitrogens with two attached hydrogens (primary N) is 1. The summed E-state index contributed by atoms with van der Waals surface area (Å²) in [5.41, 5.74) is 3.63. The highest BCUT2D eigenvalue weighted by atomic mass is 35.5. The summed E-state index contributed by atoms with van der Waals surface area (Å²) in [6, 6.07) is 9.72. The Morgan fingerprint density at radius 2 is 2.00 bits per heavy atom. The van der Waals surface area contributed by atoms with Crippen molar-refractivity contribution in [1.82, 2.24) is 4.98 Å². The summed E-state index contributed by atoms with van der Waals surface area (Å²) in [6.45, 7) is 2.04. The molecular formula is C12H11Cl2N3S. The van der Waals surface area contributed by atoms with Crippen LogP contribution in [0.1, 0.15) is 5.56 Å². The monoisotopic (exact) mass is 299 g/mol. The first kappa shape index (κ1) is 13.5. The van der Waals surface area contributed by atoms with Crippen molar-refractivity contribution in [3.8, 4) is 0 Å².